The number of halogens is 1. The Morgan fingerprint density at radius 2 is 1.80 bits per heavy atom. The summed E-state index contributed by atoms with van der Waals surface area (Å²) in [7, 11) is 3.90. The van der Waals surface area contributed by atoms with Crippen molar-refractivity contribution < 1.29 is 9.18 Å². The third-order valence-corrected chi connectivity index (χ3v) is 3.85. The number of nitrogens with zero attached hydrogens (tertiary/aromatic N) is 2. The van der Waals surface area contributed by atoms with Crippen molar-refractivity contribution in [3.63, 3.8) is 0 Å². The van der Waals surface area contributed by atoms with Gasteiger partial charge >= 0.3 is 6.03 Å². The first-order valence-electron chi connectivity index (χ1n) is 8.23. The molecule has 0 atom stereocenters. The molecule has 0 aliphatic rings. The van der Waals surface area contributed by atoms with Gasteiger partial charge in [0.1, 0.15) is 5.82 Å². The predicted octanol–water partition coefficient (Wildman–Crippen LogP) is 3.21. The van der Waals surface area contributed by atoms with Crippen molar-refractivity contribution in [2.24, 2.45) is 0 Å². The summed E-state index contributed by atoms with van der Waals surface area (Å²) in [5, 5.41) is 2.83. The van der Waals surface area contributed by atoms with Gasteiger partial charge in [-0.15, -0.1) is 0 Å². The van der Waals surface area contributed by atoms with Gasteiger partial charge in [0, 0.05) is 45.1 Å². The summed E-state index contributed by atoms with van der Waals surface area (Å²) in [6.07, 6.45) is 0. The third-order valence-electron chi connectivity index (χ3n) is 3.85. The lowest BCUT2D eigenvalue weighted by molar-refractivity contribution is 0.193. The molecule has 0 fully saturated rings. The fraction of sp³-hybridized carbons (Fsp3) is 0.316. The Bertz CT molecular complexity index is 716. The highest BCUT2D eigenvalue weighted by molar-refractivity contribution is 5.74. The Morgan fingerprint density at radius 1 is 1.12 bits per heavy atom. The molecule has 6 heteroatoms. The Kier molecular flexibility index (Phi) is 6.22. The second kappa shape index (κ2) is 8.37. The van der Waals surface area contributed by atoms with Gasteiger partial charge in [0.05, 0.1) is 0 Å². The molecule has 5 nitrogen and oxygen atoms in total. The normalized spacial score (nSPS) is 10.4. The fourth-order valence-corrected chi connectivity index (χ4v) is 2.65. The molecule has 0 aliphatic heterocycles. The van der Waals surface area contributed by atoms with Gasteiger partial charge in [-0.05, 0) is 48.4 Å². The maximum Gasteiger partial charge on any atom is 0.317 e. The lowest BCUT2D eigenvalue weighted by Crippen LogP contribution is -2.39. The third kappa shape index (κ3) is 5.11. The number of rotatable bonds is 6. The molecule has 0 aliphatic carbocycles. The molecule has 2 aromatic carbocycles. The zero-order valence-electron chi connectivity index (χ0n) is 14.9. The van der Waals surface area contributed by atoms with Crippen LogP contribution >= 0.6 is 0 Å². The van der Waals surface area contributed by atoms with Crippen LogP contribution in [0.5, 0.6) is 0 Å². The zero-order chi connectivity index (χ0) is 18.4. The Labute approximate surface area is 148 Å². The highest BCUT2D eigenvalue weighted by atomic mass is 19.1. The molecule has 0 saturated heterocycles. The van der Waals surface area contributed by atoms with Crippen LogP contribution in [0.15, 0.2) is 42.5 Å². The van der Waals surface area contributed by atoms with E-state index < -0.39 is 0 Å². The van der Waals surface area contributed by atoms with Crippen molar-refractivity contribution in [1.82, 2.24) is 10.2 Å². The van der Waals surface area contributed by atoms with Crippen LogP contribution < -0.4 is 16.0 Å². The number of nitrogen functional groups attached to an aromatic ring is 1. The molecule has 0 saturated carbocycles. The van der Waals surface area contributed by atoms with Gasteiger partial charge in [0.25, 0.3) is 0 Å². The number of anilines is 2. The molecule has 2 rings (SSSR count). The van der Waals surface area contributed by atoms with Crippen molar-refractivity contribution in [3.8, 4) is 0 Å². The topological polar surface area (TPSA) is 61.6 Å². The molecule has 0 aromatic heterocycles. The van der Waals surface area contributed by atoms with Crippen LogP contribution in [0, 0.1) is 5.82 Å². The smallest absolute Gasteiger partial charge is 0.317 e. The van der Waals surface area contributed by atoms with Gasteiger partial charge < -0.3 is 20.9 Å². The van der Waals surface area contributed by atoms with Crippen molar-refractivity contribution in [2.45, 2.75) is 20.0 Å². The first-order chi connectivity index (χ1) is 11.9. The van der Waals surface area contributed by atoms with E-state index >= 15 is 0 Å². The number of carbonyl (C=O) groups excluding carboxylic acids is 1. The summed E-state index contributed by atoms with van der Waals surface area (Å²) in [6, 6.07) is 11.7. The number of amides is 2. The molecule has 0 bridgehead atoms. The number of hydrogen-bond donors (Lipinski definition) is 2. The number of nitrogens with two attached hydrogens (primary N) is 1. The number of carbonyl (C=O) groups is 1. The first-order valence-corrected chi connectivity index (χ1v) is 8.23. The van der Waals surface area contributed by atoms with Gasteiger partial charge in [-0.25, -0.2) is 9.18 Å². The molecule has 0 radical (unpaired) electrons. The van der Waals surface area contributed by atoms with Crippen molar-refractivity contribution >= 4 is 17.4 Å². The average molecular weight is 344 g/mol. The largest absolute Gasteiger partial charge is 0.399 e. The minimum absolute atomic E-state index is 0.168. The van der Waals surface area contributed by atoms with Gasteiger partial charge in [0.2, 0.25) is 0 Å². The van der Waals surface area contributed by atoms with Gasteiger partial charge in [-0.3, -0.25) is 0 Å². The van der Waals surface area contributed by atoms with Crippen LogP contribution in [0.4, 0.5) is 20.6 Å². The molecule has 0 spiro atoms. The summed E-state index contributed by atoms with van der Waals surface area (Å²) in [4.78, 5) is 16.2. The lowest BCUT2D eigenvalue weighted by atomic mass is 10.1. The van der Waals surface area contributed by atoms with Crippen LogP contribution in [0.25, 0.3) is 0 Å². The molecule has 2 aromatic rings. The van der Waals surface area contributed by atoms with E-state index in [0.29, 0.717) is 25.3 Å². The fourth-order valence-electron chi connectivity index (χ4n) is 2.65. The Hall–Kier alpha value is -2.76. The number of nitrogens with one attached hydrogen (secondary N) is 1. The average Bonchev–Trinajstić information content (AvgIpc) is 2.56. The van der Waals surface area contributed by atoms with E-state index in [1.54, 1.807) is 17.0 Å². The van der Waals surface area contributed by atoms with Crippen molar-refractivity contribution in [1.29, 1.82) is 0 Å². The van der Waals surface area contributed by atoms with Gasteiger partial charge in [-0.1, -0.05) is 12.1 Å². The van der Waals surface area contributed by atoms with Gasteiger partial charge in [0.15, 0.2) is 0 Å². The SMILES string of the molecule is CCNC(=O)N(Cc1ccc(F)cc1)Cc1cc(N)ccc1N(C)C. The van der Waals surface area contributed by atoms with Crippen LogP contribution in [-0.2, 0) is 13.1 Å². The van der Waals surface area contributed by atoms with Crippen LogP contribution in [-0.4, -0.2) is 31.6 Å². The van der Waals surface area contributed by atoms with Crippen molar-refractivity contribution in [2.75, 3.05) is 31.3 Å². The van der Waals surface area contributed by atoms with E-state index in [-0.39, 0.29) is 11.8 Å². The first kappa shape index (κ1) is 18.6. The maximum atomic E-state index is 13.1. The van der Waals surface area contributed by atoms with E-state index in [0.717, 1.165) is 16.8 Å². The summed E-state index contributed by atoms with van der Waals surface area (Å²) < 4.78 is 13.1. The molecular weight excluding hydrogens is 319 g/mol. The van der Waals surface area contributed by atoms with E-state index in [9.17, 15) is 9.18 Å². The summed E-state index contributed by atoms with van der Waals surface area (Å²) in [6.45, 7) is 3.20. The molecular formula is C19H25FN4O. The minimum atomic E-state index is -0.293. The summed E-state index contributed by atoms with van der Waals surface area (Å²) in [5.41, 5.74) is 9.40. The highest BCUT2D eigenvalue weighted by Crippen LogP contribution is 2.24. The second-order valence-corrected chi connectivity index (χ2v) is 6.10. The molecule has 134 valence electrons. The van der Waals surface area contributed by atoms with E-state index in [1.807, 2.05) is 44.1 Å². The monoisotopic (exact) mass is 344 g/mol. The summed E-state index contributed by atoms with van der Waals surface area (Å²) >= 11 is 0. The standard InChI is InChI=1S/C19H25FN4O/c1-4-22-19(25)24(12-14-5-7-16(20)8-6-14)13-15-11-17(21)9-10-18(15)23(2)3/h5-11H,4,12-13,21H2,1-3H3,(H,22,25). The predicted molar refractivity (Wildman–Crippen MR) is 99.9 cm³/mol. The number of benzene rings is 2. The molecule has 2 amide bonds. The molecule has 3 N–H and O–H groups in total. The van der Waals surface area contributed by atoms with Crippen molar-refractivity contribution in [3.05, 3.63) is 59.4 Å². The molecule has 0 heterocycles. The van der Waals surface area contributed by atoms with E-state index in [4.69, 9.17) is 5.73 Å². The van der Waals surface area contributed by atoms with Crippen LogP contribution in [0.3, 0.4) is 0 Å². The van der Waals surface area contributed by atoms with E-state index in [1.165, 1.54) is 12.1 Å². The van der Waals surface area contributed by atoms with Gasteiger partial charge in [-0.2, -0.15) is 0 Å². The van der Waals surface area contributed by atoms with Crippen LogP contribution in [0.1, 0.15) is 18.1 Å². The zero-order valence-corrected chi connectivity index (χ0v) is 14.9. The molecule has 25 heavy (non-hydrogen) atoms. The Balaban J connectivity index is 2.28. The Morgan fingerprint density at radius 3 is 2.40 bits per heavy atom. The van der Waals surface area contributed by atoms with E-state index in [2.05, 4.69) is 5.32 Å². The number of hydrogen-bond acceptors (Lipinski definition) is 3. The summed E-state index contributed by atoms with van der Waals surface area (Å²) in [5.74, 6) is -0.293. The lowest BCUT2D eigenvalue weighted by Gasteiger charge is -2.26. The second-order valence-electron chi connectivity index (χ2n) is 6.10. The highest BCUT2D eigenvalue weighted by Gasteiger charge is 2.16. The maximum absolute atomic E-state index is 13.1. The molecule has 0 unspecified atom stereocenters. The minimum Gasteiger partial charge on any atom is -0.399 e. The quantitative estimate of drug-likeness (QED) is 0.791. The van der Waals surface area contributed by atoms with Crippen LogP contribution in [0.2, 0.25) is 0 Å². The number of urea groups is 1.